The molecule has 0 saturated carbocycles. The van der Waals surface area contributed by atoms with Crippen molar-refractivity contribution in [2.24, 2.45) is 10.2 Å². The summed E-state index contributed by atoms with van der Waals surface area (Å²) in [6, 6.07) is 12.7. The van der Waals surface area contributed by atoms with E-state index < -0.39 is 37.2 Å². The Bertz CT molecular complexity index is 1640. The van der Waals surface area contributed by atoms with Crippen LogP contribution in [0.15, 0.2) is 75.8 Å². The third kappa shape index (κ3) is 7.04. The quantitative estimate of drug-likeness (QED) is 0.120. The summed E-state index contributed by atoms with van der Waals surface area (Å²) in [5.41, 5.74) is -0.285. The van der Waals surface area contributed by atoms with Crippen molar-refractivity contribution in [2.45, 2.75) is 4.90 Å². The number of H-pyrrole nitrogens is 1. The van der Waals surface area contributed by atoms with Gasteiger partial charge in [0.1, 0.15) is 22.1 Å². The summed E-state index contributed by atoms with van der Waals surface area (Å²) in [4.78, 5) is 23.4. The van der Waals surface area contributed by atoms with Gasteiger partial charge in [0.25, 0.3) is 15.7 Å². The number of aromatic nitrogens is 1. The van der Waals surface area contributed by atoms with Crippen molar-refractivity contribution in [3.05, 3.63) is 76.6 Å². The zero-order valence-electron chi connectivity index (χ0n) is 20.8. The van der Waals surface area contributed by atoms with Gasteiger partial charge in [-0.15, -0.1) is 10.2 Å². The second-order valence-electron chi connectivity index (χ2n) is 8.02. The van der Waals surface area contributed by atoms with Gasteiger partial charge in [-0.25, -0.2) is 12.8 Å². The van der Waals surface area contributed by atoms with Crippen LogP contribution in [-0.4, -0.2) is 55.9 Å². The number of hydrogen-bond acceptors (Lipinski definition) is 9. The number of nitro groups is 1. The fraction of sp³-hybridized carbons (Fsp3) is 0.125. The number of nitro benzene ring substituents is 1. The lowest BCUT2D eigenvalue weighted by Crippen LogP contribution is -2.13. The number of hydrogen-bond donors (Lipinski definition) is 3. The SMILES string of the molecule is CN(C)C=O.COc1ccc(NS(=O)(=O)c2cc([N+](=O)[O-])ccc2N=Nc2c(O)[nH]c3ccc(F)cc23)cc1. The molecule has 13 nitrogen and oxygen atoms in total. The van der Waals surface area contributed by atoms with E-state index in [0.717, 1.165) is 30.7 Å². The molecule has 0 unspecified atom stereocenters. The summed E-state index contributed by atoms with van der Waals surface area (Å²) in [7, 11) is 0.484. The second kappa shape index (κ2) is 12.0. The van der Waals surface area contributed by atoms with Gasteiger partial charge in [-0.1, -0.05) is 0 Å². The number of aromatic hydroxyl groups is 1. The van der Waals surface area contributed by atoms with Crippen LogP contribution < -0.4 is 9.46 Å². The van der Waals surface area contributed by atoms with Crippen LogP contribution in [0.25, 0.3) is 10.9 Å². The van der Waals surface area contributed by atoms with Gasteiger partial charge in [0.15, 0.2) is 5.69 Å². The van der Waals surface area contributed by atoms with Crippen LogP contribution >= 0.6 is 0 Å². The summed E-state index contributed by atoms with van der Waals surface area (Å²) in [5.74, 6) is -0.486. The van der Waals surface area contributed by atoms with Crippen molar-refractivity contribution >= 4 is 50.1 Å². The van der Waals surface area contributed by atoms with E-state index in [1.54, 1.807) is 14.1 Å². The molecule has 0 aliphatic carbocycles. The molecule has 15 heteroatoms. The average Bonchev–Trinajstić information content (AvgIpc) is 3.21. The second-order valence-corrected chi connectivity index (χ2v) is 9.68. The summed E-state index contributed by atoms with van der Waals surface area (Å²) >= 11 is 0. The smallest absolute Gasteiger partial charge is 0.270 e. The molecule has 0 bridgehead atoms. The van der Waals surface area contributed by atoms with E-state index in [-0.39, 0.29) is 22.4 Å². The Morgan fingerprint density at radius 2 is 1.77 bits per heavy atom. The molecule has 4 rings (SSSR count). The number of non-ortho nitro benzene ring substituents is 1. The predicted octanol–water partition coefficient (Wildman–Crippen LogP) is 4.85. The third-order valence-electron chi connectivity index (χ3n) is 4.97. The molecule has 1 amide bonds. The van der Waals surface area contributed by atoms with Crippen molar-refractivity contribution in [3.63, 3.8) is 0 Å². The Morgan fingerprint density at radius 3 is 2.36 bits per heavy atom. The molecule has 0 aliphatic heterocycles. The minimum atomic E-state index is -4.35. The summed E-state index contributed by atoms with van der Waals surface area (Å²) < 4.78 is 47.1. The topological polar surface area (TPSA) is 180 Å². The minimum Gasteiger partial charge on any atom is -0.497 e. The molecule has 39 heavy (non-hydrogen) atoms. The predicted molar refractivity (Wildman–Crippen MR) is 141 cm³/mol. The normalized spacial score (nSPS) is 11.1. The molecule has 0 fully saturated rings. The van der Waals surface area contributed by atoms with E-state index in [1.165, 1.54) is 48.4 Å². The van der Waals surface area contributed by atoms with Crippen LogP contribution in [0, 0.1) is 15.9 Å². The van der Waals surface area contributed by atoms with Gasteiger partial charge in [0, 0.05) is 37.3 Å². The molecule has 0 aliphatic rings. The number of amides is 1. The van der Waals surface area contributed by atoms with Gasteiger partial charge in [0.2, 0.25) is 12.3 Å². The number of aromatic amines is 1. The van der Waals surface area contributed by atoms with E-state index in [9.17, 15) is 32.8 Å². The van der Waals surface area contributed by atoms with Crippen LogP contribution in [0.4, 0.5) is 27.1 Å². The lowest BCUT2D eigenvalue weighted by atomic mass is 10.2. The third-order valence-corrected chi connectivity index (χ3v) is 6.38. The number of ether oxygens (including phenoxy) is 1. The minimum absolute atomic E-state index is 0.126. The molecule has 0 radical (unpaired) electrons. The van der Waals surface area contributed by atoms with Crippen molar-refractivity contribution in [1.82, 2.24) is 9.88 Å². The first-order chi connectivity index (χ1) is 18.4. The van der Waals surface area contributed by atoms with Gasteiger partial charge < -0.3 is 19.7 Å². The van der Waals surface area contributed by atoms with Crippen molar-refractivity contribution in [2.75, 3.05) is 25.9 Å². The number of rotatable bonds is 8. The number of anilines is 1. The maximum Gasteiger partial charge on any atom is 0.270 e. The van der Waals surface area contributed by atoms with Crippen molar-refractivity contribution < 1.29 is 32.4 Å². The summed E-state index contributed by atoms with van der Waals surface area (Å²) in [5, 5.41) is 29.3. The number of halogens is 1. The fourth-order valence-corrected chi connectivity index (χ4v) is 4.34. The molecule has 3 aromatic carbocycles. The molecule has 0 saturated heterocycles. The molecule has 3 N–H and O–H groups in total. The Labute approximate surface area is 221 Å². The van der Waals surface area contributed by atoms with Crippen LogP contribution in [-0.2, 0) is 14.8 Å². The van der Waals surface area contributed by atoms with Gasteiger partial charge in [-0.05, 0) is 48.5 Å². The Balaban J connectivity index is 0.000000771. The molecule has 1 heterocycles. The number of fused-ring (bicyclic) bond motifs is 1. The summed E-state index contributed by atoms with van der Waals surface area (Å²) in [6.07, 6.45) is 0.750. The highest BCUT2D eigenvalue weighted by Gasteiger charge is 2.23. The Hall–Kier alpha value is -5.05. The van der Waals surface area contributed by atoms with Crippen molar-refractivity contribution in [1.29, 1.82) is 0 Å². The number of carbonyl (C=O) groups is 1. The van der Waals surface area contributed by atoms with E-state index in [0.29, 0.717) is 11.3 Å². The zero-order valence-corrected chi connectivity index (χ0v) is 21.6. The lowest BCUT2D eigenvalue weighted by molar-refractivity contribution is -0.385. The monoisotopic (exact) mass is 558 g/mol. The first-order valence-corrected chi connectivity index (χ1v) is 12.4. The molecule has 0 atom stereocenters. The average molecular weight is 559 g/mol. The number of carbonyl (C=O) groups excluding carboxylic acids is 1. The summed E-state index contributed by atoms with van der Waals surface area (Å²) in [6.45, 7) is 0. The van der Waals surface area contributed by atoms with Gasteiger partial charge in [0.05, 0.1) is 17.5 Å². The fourth-order valence-electron chi connectivity index (χ4n) is 3.12. The first-order valence-electron chi connectivity index (χ1n) is 10.9. The lowest BCUT2D eigenvalue weighted by Gasteiger charge is -2.10. The van der Waals surface area contributed by atoms with Crippen LogP contribution in [0.3, 0.4) is 0 Å². The van der Waals surface area contributed by atoms with Gasteiger partial charge in [-0.2, -0.15) is 0 Å². The van der Waals surface area contributed by atoms with Crippen LogP contribution in [0.2, 0.25) is 0 Å². The first kappa shape index (κ1) is 28.5. The standard InChI is InChI=1S/C21H16FN5O6S.C3H7NO/c1-33-15-6-3-13(4-7-15)26-34(31,32)19-11-14(27(29)30)5-9-18(19)24-25-20-16-10-12(22)2-8-17(16)23-21(20)28;1-4(2)3-5/h2-11,23,26,28H,1H3;3H,1-2H3. The molecular weight excluding hydrogens is 535 g/mol. The maximum absolute atomic E-state index is 13.7. The zero-order chi connectivity index (χ0) is 28.7. The number of nitrogens with one attached hydrogen (secondary N) is 2. The molecular formula is C24H23FN6O7S. The number of methoxy groups -OCH3 is 1. The highest BCUT2D eigenvalue weighted by molar-refractivity contribution is 7.92. The van der Waals surface area contributed by atoms with Crippen molar-refractivity contribution in [3.8, 4) is 11.6 Å². The maximum atomic E-state index is 13.7. The largest absolute Gasteiger partial charge is 0.497 e. The van der Waals surface area contributed by atoms with Gasteiger partial charge in [-0.3, -0.25) is 19.6 Å². The Morgan fingerprint density at radius 1 is 1.10 bits per heavy atom. The van der Waals surface area contributed by atoms with E-state index in [2.05, 4.69) is 19.9 Å². The molecule has 1 aromatic heterocycles. The molecule has 204 valence electrons. The highest BCUT2D eigenvalue weighted by atomic mass is 32.2. The number of sulfonamides is 1. The molecule has 0 spiro atoms. The van der Waals surface area contributed by atoms with E-state index in [1.807, 2.05) is 0 Å². The van der Waals surface area contributed by atoms with E-state index in [4.69, 9.17) is 4.74 Å². The molecule has 4 aromatic rings. The van der Waals surface area contributed by atoms with E-state index >= 15 is 0 Å². The van der Waals surface area contributed by atoms with Crippen LogP contribution in [0.1, 0.15) is 0 Å². The van der Waals surface area contributed by atoms with Crippen LogP contribution in [0.5, 0.6) is 11.6 Å². The highest BCUT2D eigenvalue weighted by Crippen LogP contribution is 2.38. The Kier molecular flexibility index (Phi) is 8.77. The van der Waals surface area contributed by atoms with Gasteiger partial charge >= 0.3 is 0 Å². The number of nitrogens with zero attached hydrogens (tertiary/aromatic N) is 4. The number of benzene rings is 3. The number of azo groups is 1.